The number of hydrogen-bond acceptors (Lipinski definition) is 3. The minimum atomic E-state index is -0.833. The van der Waals surface area contributed by atoms with Gasteiger partial charge in [0, 0.05) is 31.1 Å². The average molecular weight is 322 g/mol. The maximum Gasteiger partial charge on any atom is 0.300 e. The Morgan fingerprint density at radius 1 is 0.870 bits per heavy atom. The van der Waals surface area contributed by atoms with Crippen molar-refractivity contribution in [3.8, 4) is 0 Å². The van der Waals surface area contributed by atoms with Crippen LogP contribution in [0.4, 0.5) is 0 Å². The number of fused-ring (bicyclic) bond motifs is 4. The topological polar surface area (TPSA) is 66.6 Å². The molecule has 0 aromatic carbocycles. The molecule has 4 rings (SSSR count). The van der Waals surface area contributed by atoms with Crippen LogP contribution in [0.2, 0.25) is 0 Å². The summed E-state index contributed by atoms with van der Waals surface area (Å²) < 4.78 is 0. The zero-order valence-electron chi connectivity index (χ0n) is 14.6. The van der Waals surface area contributed by atoms with Crippen LogP contribution in [0.15, 0.2) is 0 Å². The summed E-state index contributed by atoms with van der Waals surface area (Å²) in [7, 11) is 0. The molecule has 23 heavy (non-hydrogen) atoms. The van der Waals surface area contributed by atoms with Crippen LogP contribution in [0.5, 0.6) is 0 Å². The zero-order chi connectivity index (χ0) is 16.4. The Kier molecular flexibility index (Phi) is 5.63. The van der Waals surface area contributed by atoms with E-state index in [0.717, 1.165) is 36.9 Å². The van der Waals surface area contributed by atoms with E-state index in [-0.39, 0.29) is 0 Å². The molecule has 0 spiro atoms. The number of carboxylic acid groups (broad SMARTS) is 1. The highest BCUT2D eigenvalue weighted by Crippen LogP contribution is 2.45. The summed E-state index contributed by atoms with van der Waals surface area (Å²) in [5, 5.41) is 7.42. The van der Waals surface area contributed by atoms with E-state index in [1.165, 1.54) is 64.2 Å². The van der Waals surface area contributed by atoms with E-state index in [4.69, 9.17) is 15.6 Å². The van der Waals surface area contributed by atoms with Crippen molar-refractivity contribution >= 4 is 5.97 Å². The van der Waals surface area contributed by atoms with E-state index < -0.39 is 5.97 Å². The number of carbonyl (C=O) groups is 1. The highest BCUT2D eigenvalue weighted by Gasteiger charge is 2.43. The molecule has 2 saturated heterocycles. The second-order valence-electron chi connectivity index (χ2n) is 8.46. The molecule has 2 aliphatic heterocycles. The second kappa shape index (κ2) is 7.52. The summed E-state index contributed by atoms with van der Waals surface area (Å²) in [4.78, 5) is 12.0. The summed E-state index contributed by atoms with van der Waals surface area (Å²) in [6.07, 6.45) is 16.0. The molecule has 4 bridgehead atoms. The van der Waals surface area contributed by atoms with Crippen molar-refractivity contribution in [1.29, 1.82) is 0 Å². The molecule has 132 valence electrons. The fourth-order valence-electron chi connectivity index (χ4n) is 6.00. The first-order valence-corrected chi connectivity index (χ1v) is 9.75. The van der Waals surface area contributed by atoms with Gasteiger partial charge in [-0.15, -0.1) is 0 Å². The molecule has 6 atom stereocenters. The molecule has 0 amide bonds. The van der Waals surface area contributed by atoms with Gasteiger partial charge in [-0.1, -0.05) is 25.7 Å². The smallest absolute Gasteiger partial charge is 0.300 e. The molecule has 0 radical (unpaired) electrons. The van der Waals surface area contributed by atoms with E-state index in [0.29, 0.717) is 6.04 Å². The highest BCUT2D eigenvalue weighted by molar-refractivity contribution is 5.62. The first-order chi connectivity index (χ1) is 11.0. The standard InChI is InChI=1S/C17H30N2.C2H4O2/c18-14-10-15-5-2-6-16(11-14)19(15)17-8-12-3-1-4-13(7-12)9-17;1-2(3)4/h12-17H,1-11,18H2;1H3,(H,3,4)/t12-,13+,14-,15+,16-,17+;. The molecule has 4 aliphatic rings. The lowest BCUT2D eigenvalue weighted by Gasteiger charge is -2.55. The SMILES string of the molecule is CC(=O)O.N[C@H]1C[C@H]2CCC[C@@H](C1)N2[C@H]1C[C@@H]2CCC[C@@H](C2)C1. The number of aliphatic carboxylic acids is 1. The van der Waals surface area contributed by atoms with Crippen LogP contribution in [-0.2, 0) is 4.79 Å². The molecule has 0 aromatic heterocycles. The largest absolute Gasteiger partial charge is 0.481 e. The molecule has 4 heteroatoms. The van der Waals surface area contributed by atoms with Crippen LogP contribution in [0.25, 0.3) is 0 Å². The Balaban J connectivity index is 0.000000354. The monoisotopic (exact) mass is 322 g/mol. The summed E-state index contributed by atoms with van der Waals surface area (Å²) in [6, 6.07) is 3.10. The molecule has 0 aromatic rings. The molecule has 3 N–H and O–H groups in total. The van der Waals surface area contributed by atoms with Crippen molar-refractivity contribution in [3.63, 3.8) is 0 Å². The van der Waals surface area contributed by atoms with E-state index in [9.17, 15) is 0 Å². The third-order valence-corrected chi connectivity index (χ3v) is 6.59. The van der Waals surface area contributed by atoms with Gasteiger partial charge in [0.05, 0.1) is 0 Å². The molecule has 2 heterocycles. The van der Waals surface area contributed by atoms with E-state index >= 15 is 0 Å². The van der Waals surface area contributed by atoms with Gasteiger partial charge < -0.3 is 10.8 Å². The predicted molar refractivity (Wildman–Crippen MR) is 92.3 cm³/mol. The summed E-state index contributed by atoms with van der Waals surface area (Å²) in [6.45, 7) is 1.08. The zero-order valence-corrected chi connectivity index (χ0v) is 14.6. The lowest BCUT2D eigenvalue weighted by Crippen LogP contribution is -2.60. The fourth-order valence-corrected chi connectivity index (χ4v) is 6.00. The van der Waals surface area contributed by atoms with Crippen molar-refractivity contribution in [2.75, 3.05) is 0 Å². The molecular weight excluding hydrogens is 288 g/mol. The Morgan fingerprint density at radius 3 is 1.87 bits per heavy atom. The van der Waals surface area contributed by atoms with Gasteiger partial charge in [-0.25, -0.2) is 0 Å². The summed E-state index contributed by atoms with van der Waals surface area (Å²) >= 11 is 0. The van der Waals surface area contributed by atoms with E-state index in [1.54, 1.807) is 6.42 Å². The van der Waals surface area contributed by atoms with Crippen molar-refractivity contribution in [2.24, 2.45) is 17.6 Å². The number of rotatable bonds is 1. The van der Waals surface area contributed by atoms with Gasteiger partial charge in [-0.05, 0) is 56.8 Å². The lowest BCUT2D eigenvalue weighted by atomic mass is 9.68. The van der Waals surface area contributed by atoms with Gasteiger partial charge >= 0.3 is 0 Å². The molecule has 4 nitrogen and oxygen atoms in total. The molecular formula is C19H34N2O2. The van der Waals surface area contributed by atoms with Crippen LogP contribution in [0.3, 0.4) is 0 Å². The first kappa shape index (κ1) is 17.2. The minimum absolute atomic E-state index is 0.495. The van der Waals surface area contributed by atoms with Crippen LogP contribution in [0, 0.1) is 11.8 Å². The fraction of sp³-hybridized carbons (Fsp3) is 0.947. The Bertz CT molecular complexity index is 384. The lowest BCUT2D eigenvalue weighted by molar-refractivity contribution is -0.134. The van der Waals surface area contributed by atoms with Crippen molar-refractivity contribution in [1.82, 2.24) is 4.90 Å². The molecule has 2 saturated carbocycles. The normalized spacial score (nSPS) is 43.2. The van der Waals surface area contributed by atoms with Crippen LogP contribution >= 0.6 is 0 Å². The van der Waals surface area contributed by atoms with Crippen molar-refractivity contribution in [3.05, 3.63) is 0 Å². The minimum Gasteiger partial charge on any atom is -0.481 e. The highest BCUT2D eigenvalue weighted by atomic mass is 16.4. The van der Waals surface area contributed by atoms with Gasteiger partial charge in [0.1, 0.15) is 0 Å². The molecule has 4 fully saturated rings. The van der Waals surface area contributed by atoms with Crippen LogP contribution < -0.4 is 5.73 Å². The van der Waals surface area contributed by atoms with Gasteiger partial charge in [0.15, 0.2) is 0 Å². The molecule has 2 aliphatic carbocycles. The van der Waals surface area contributed by atoms with Gasteiger partial charge in [-0.3, -0.25) is 9.69 Å². The maximum atomic E-state index is 9.00. The Morgan fingerprint density at radius 2 is 1.35 bits per heavy atom. The summed E-state index contributed by atoms with van der Waals surface area (Å²) in [5.41, 5.74) is 6.28. The summed E-state index contributed by atoms with van der Waals surface area (Å²) in [5.74, 6) is 1.29. The quantitative estimate of drug-likeness (QED) is 0.776. The first-order valence-electron chi connectivity index (χ1n) is 9.75. The second-order valence-corrected chi connectivity index (χ2v) is 8.46. The number of hydrogen-bond donors (Lipinski definition) is 2. The van der Waals surface area contributed by atoms with Crippen LogP contribution in [-0.4, -0.2) is 40.1 Å². The van der Waals surface area contributed by atoms with Gasteiger partial charge in [0.2, 0.25) is 0 Å². The van der Waals surface area contributed by atoms with E-state index in [1.807, 2.05) is 0 Å². The number of nitrogens with two attached hydrogens (primary N) is 1. The Hall–Kier alpha value is -0.610. The van der Waals surface area contributed by atoms with Gasteiger partial charge in [0.25, 0.3) is 5.97 Å². The van der Waals surface area contributed by atoms with Gasteiger partial charge in [-0.2, -0.15) is 0 Å². The third kappa shape index (κ3) is 4.27. The van der Waals surface area contributed by atoms with E-state index in [2.05, 4.69) is 4.90 Å². The van der Waals surface area contributed by atoms with Crippen molar-refractivity contribution < 1.29 is 9.90 Å². The molecule has 0 unspecified atom stereocenters. The average Bonchev–Trinajstić information content (AvgIpc) is 2.45. The van der Waals surface area contributed by atoms with Crippen LogP contribution in [0.1, 0.15) is 77.6 Å². The number of carboxylic acids is 1. The Labute approximate surface area is 140 Å². The predicted octanol–water partition coefficient (Wildman–Crippen LogP) is 3.39. The maximum absolute atomic E-state index is 9.00. The number of nitrogens with zero attached hydrogens (tertiary/aromatic N) is 1. The third-order valence-electron chi connectivity index (χ3n) is 6.59. The number of piperidine rings is 2. The van der Waals surface area contributed by atoms with Crippen molar-refractivity contribution in [2.45, 2.75) is 102 Å².